The van der Waals surface area contributed by atoms with Crippen LogP contribution < -0.4 is 31.1 Å². The maximum absolute atomic E-state index is 14.9. The maximum Gasteiger partial charge on any atom is 0.322 e. The molecular formula is C48H52F2N10O6. The van der Waals surface area contributed by atoms with Crippen molar-refractivity contribution in [2.24, 2.45) is 0 Å². The molecule has 2 aromatic carbocycles. The fraction of sp³-hybridized carbons (Fsp3) is 0.417. The van der Waals surface area contributed by atoms with Crippen molar-refractivity contribution in [3.8, 4) is 0 Å². The van der Waals surface area contributed by atoms with Crippen LogP contribution in [0.25, 0.3) is 0 Å². The Kier molecular flexibility index (Phi) is 11.5. The van der Waals surface area contributed by atoms with Gasteiger partial charge in [-0.15, -0.1) is 0 Å². The molecule has 2 aliphatic carbocycles. The number of aromatic nitrogens is 2. The first-order chi connectivity index (χ1) is 31.5. The molecule has 16 nitrogen and oxygen atoms in total. The quantitative estimate of drug-likeness (QED) is 0.178. The summed E-state index contributed by atoms with van der Waals surface area (Å²) in [5, 5.41) is 9.11. The van der Waals surface area contributed by atoms with E-state index in [4.69, 9.17) is 0 Å². The molecule has 2 aromatic heterocycles. The number of hydrogen-bond acceptors (Lipinski definition) is 10. The molecule has 0 spiro atoms. The number of imide groups is 2. The van der Waals surface area contributed by atoms with Crippen LogP contribution in [0.1, 0.15) is 105 Å². The van der Waals surface area contributed by atoms with Crippen molar-refractivity contribution in [3.05, 3.63) is 117 Å². The number of carbonyl (C=O) groups is 6. The van der Waals surface area contributed by atoms with Gasteiger partial charge in [0.15, 0.2) is 0 Å². The third-order valence-electron chi connectivity index (χ3n) is 13.6. The topological polar surface area (TPSA) is 189 Å². The van der Waals surface area contributed by atoms with Gasteiger partial charge in [0, 0.05) is 87.0 Å². The first-order valence-corrected chi connectivity index (χ1v) is 22.4. The summed E-state index contributed by atoms with van der Waals surface area (Å²) < 4.78 is 29.8. The molecule has 6 aliphatic rings. The highest BCUT2D eigenvalue weighted by molar-refractivity contribution is 6.08. The van der Waals surface area contributed by atoms with E-state index in [1.807, 2.05) is 12.4 Å². The van der Waals surface area contributed by atoms with Crippen LogP contribution in [0.5, 0.6) is 0 Å². The van der Waals surface area contributed by atoms with Crippen molar-refractivity contribution in [1.29, 1.82) is 0 Å². The van der Waals surface area contributed by atoms with E-state index in [-0.39, 0.29) is 34.1 Å². The van der Waals surface area contributed by atoms with Gasteiger partial charge in [-0.05, 0) is 112 Å². The molecule has 4 saturated heterocycles. The van der Waals surface area contributed by atoms with Crippen LogP contribution in [0.2, 0.25) is 0 Å². The molecule has 6 heterocycles. The van der Waals surface area contributed by atoms with Crippen LogP contribution >= 0.6 is 0 Å². The second-order valence-electron chi connectivity index (χ2n) is 18.4. The van der Waals surface area contributed by atoms with Gasteiger partial charge in [-0.2, -0.15) is 0 Å². The average molecular weight is 903 g/mol. The van der Waals surface area contributed by atoms with Gasteiger partial charge in [-0.25, -0.2) is 28.3 Å². The highest BCUT2D eigenvalue weighted by atomic mass is 19.1. The van der Waals surface area contributed by atoms with Gasteiger partial charge >= 0.3 is 12.1 Å². The predicted octanol–water partition coefficient (Wildman–Crippen LogP) is 4.85. The highest BCUT2D eigenvalue weighted by Gasteiger charge is 2.46. The summed E-state index contributed by atoms with van der Waals surface area (Å²) >= 11 is 0. The van der Waals surface area contributed by atoms with Gasteiger partial charge in [0.25, 0.3) is 23.6 Å². The van der Waals surface area contributed by atoms with Crippen LogP contribution in [0.15, 0.2) is 60.9 Å². The lowest BCUT2D eigenvalue weighted by molar-refractivity contribution is -0.124. The number of nitrogens with zero attached hydrogens (tertiary/aromatic N) is 6. The number of benzene rings is 2. The molecule has 2 saturated carbocycles. The molecular weight excluding hydrogens is 851 g/mol. The Labute approximate surface area is 380 Å². The van der Waals surface area contributed by atoms with Crippen molar-refractivity contribution in [2.45, 2.75) is 76.3 Å². The van der Waals surface area contributed by atoms with Crippen molar-refractivity contribution < 1.29 is 37.5 Å². The Morgan fingerprint density at radius 1 is 0.576 bits per heavy atom. The van der Waals surface area contributed by atoms with E-state index in [1.54, 1.807) is 9.80 Å². The molecule has 6 fully saturated rings. The van der Waals surface area contributed by atoms with Gasteiger partial charge in [0.2, 0.25) is 0 Å². The maximum atomic E-state index is 14.9. The van der Waals surface area contributed by atoms with E-state index in [9.17, 15) is 37.5 Å². The summed E-state index contributed by atoms with van der Waals surface area (Å²) in [4.78, 5) is 90.3. The first-order valence-electron chi connectivity index (χ1n) is 22.4. The third kappa shape index (κ3) is 8.51. The lowest BCUT2D eigenvalue weighted by Gasteiger charge is -2.36. The number of nitrogens with one attached hydrogen (secondary N) is 4. The molecule has 344 valence electrons. The largest absolute Gasteiger partial charge is 0.353 e. The number of amides is 8. The second-order valence-corrected chi connectivity index (χ2v) is 18.4. The fourth-order valence-electron chi connectivity index (χ4n) is 9.30. The Morgan fingerprint density at radius 2 is 0.939 bits per heavy atom. The molecule has 0 unspecified atom stereocenters. The number of urea groups is 2. The number of piperazine rings is 2. The molecule has 4 aliphatic heterocycles. The van der Waals surface area contributed by atoms with Crippen molar-refractivity contribution in [2.75, 3.05) is 62.2 Å². The SMILES string of the molecule is Cc1cc(C2CC2)cnc1N1CCN(C(=O)c2ccc([C@@]3(C)NC(=O)NC3=O)c(F)c2)CC1.Cc1cc(C2CC2)cnc1N1CCN(C(=O)c2ccc([C@]3(C)NC(=O)NC3=O)c(F)c2)CC1. The summed E-state index contributed by atoms with van der Waals surface area (Å²) in [7, 11) is 0. The first kappa shape index (κ1) is 44.2. The number of carbonyl (C=O) groups excluding carboxylic acids is 6. The summed E-state index contributed by atoms with van der Waals surface area (Å²) in [6, 6.07) is 11.1. The molecule has 8 amide bonds. The molecule has 18 heteroatoms. The van der Waals surface area contributed by atoms with E-state index in [2.05, 4.69) is 67.0 Å². The summed E-state index contributed by atoms with van der Waals surface area (Å²) in [6.45, 7) is 11.6. The summed E-state index contributed by atoms with van der Waals surface area (Å²) in [6.07, 6.45) is 8.90. The fourth-order valence-corrected chi connectivity index (χ4v) is 9.30. The molecule has 2 atom stereocenters. The Bertz CT molecular complexity index is 2490. The van der Waals surface area contributed by atoms with Gasteiger partial charge < -0.3 is 30.2 Å². The number of rotatable bonds is 8. The predicted molar refractivity (Wildman–Crippen MR) is 239 cm³/mol. The van der Waals surface area contributed by atoms with Crippen LogP contribution in [-0.4, -0.2) is 108 Å². The molecule has 10 rings (SSSR count). The molecule has 4 N–H and O–H groups in total. The smallest absolute Gasteiger partial charge is 0.322 e. The van der Waals surface area contributed by atoms with Crippen LogP contribution in [0, 0.1) is 25.5 Å². The Hall–Kier alpha value is -6.98. The summed E-state index contributed by atoms with van der Waals surface area (Å²) in [5.41, 5.74) is 2.34. The number of aryl methyl sites for hydroxylation is 2. The standard InChI is InChI=1S/2C24H26FN5O3/c2*1-14-11-17(15-3-4-15)13-26-20(14)29-7-9-30(10-8-29)21(31)16-5-6-18(19(25)12-16)24(2)22(32)27-23(33)28-24/h2*5-6,11-13,15H,3-4,7-10H2,1-2H3,(H2,27,28,32,33)/t2*24-/m10/s1. The molecule has 0 bridgehead atoms. The zero-order valence-corrected chi connectivity index (χ0v) is 37.3. The second kappa shape index (κ2) is 17.1. The van der Waals surface area contributed by atoms with E-state index in [0.717, 1.165) is 34.9 Å². The lowest BCUT2D eigenvalue weighted by atomic mass is 9.91. The zero-order chi connectivity index (χ0) is 46.7. The number of halogens is 2. The minimum atomic E-state index is -1.51. The van der Waals surface area contributed by atoms with E-state index in [1.165, 1.54) is 74.9 Å². The Balaban J connectivity index is 0.000000166. The molecule has 4 aromatic rings. The number of anilines is 2. The van der Waals surface area contributed by atoms with Crippen molar-refractivity contribution in [3.63, 3.8) is 0 Å². The normalized spacial score (nSPS) is 22.9. The third-order valence-corrected chi connectivity index (χ3v) is 13.6. The van der Waals surface area contributed by atoms with E-state index >= 15 is 0 Å². The van der Waals surface area contributed by atoms with Crippen LogP contribution in [0.3, 0.4) is 0 Å². The average Bonchev–Trinajstić information content (AvgIpc) is 4.24. The molecule has 0 radical (unpaired) electrons. The number of hydrogen-bond donors (Lipinski definition) is 4. The van der Waals surface area contributed by atoms with Gasteiger partial charge in [0.05, 0.1) is 0 Å². The van der Waals surface area contributed by atoms with Crippen LogP contribution in [-0.2, 0) is 20.7 Å². The van der Waals surface area contributed by atoms with Crippen molar-refractivity contribution in [1.82, 2.24) is 41.0 Å². The molecule has 66 heavy (non-hydrogen) atoms. The highest BCUT2D eigenvalue weighted by Crippen LogP contribution is 2.42. The van der Waals surface area contributed by atoms with Crippen LogP contribution in [0.4, 0.5) is 30.0 Å². The van der Waals surface area contributed by atoms with E-state index in [0.29, 0.717) is 64.2 Å². The minimum absolute atomic E-state index is 0.0170. The van der Waals surface area contributed by atoms with E-state index < -0.39 is 46.6 Å². The van der Waals surface area contributed by atoms with Crippen molar-refractivity contribution >= 4 is 47.3 Å². The monoisotopic (exact) mass is 902 g/mol. The van der Waals surface area contributed by atoms with Gasteiger partial charge in [-0.3, -0.25) is 29.8 Å². The minimum Gasteiger partial charge on any atom is -0.353 e. The zero-order valence-electron chi connectivity index (χ0n) is 37.3. The summed E-state index contributed by atoms with van der Waals surface area (Å²) in [5.74, 6) is 0.00915. The Morgan fingerprint density at radius 3 is 1.23 bits per heavy atom. The van der Waals surface area contributed by atoms with Gasteiger partial charge in [-0.1, -0.05) is 24.3 Å². The number of pyridine rings is 2. The lowest BCUT2D eigenvalue weighted by Crippen LogP contribution is -2.49. The van der Waals surface area contributed by atoms with Gasteiger partial charge in [0.1, 0.15) is 34.3 Å².